The zero-order chi connectivity index (χ0) is 15.5. The molecule has 2 amide bonds. The smallest absolute Gasteiger partial charge is 0.237 e. The molecular formula is C19H21NO2. The van der Waals surface area contributed by atoms with Crippen molar-refractivity contribution in [3.63, 3.8) is 0 Å². The van der Waals surface area contributed by atoms with Crippen molar-refractivity contribution in [2.45, 2.75) is 26.7 Å². The summed E-state index contributed by atoms with van der Waals surface area (Å²) in [6.45, 7) is 4.11. The number of aryl methyl sites for hydroxylation is 1. The molecule has 3 heteroatoms. The average Bonchev–Trinajstić information content (AvgIpc) is 3.17. The van der Waals surface area contributed by atoms with Crippen molar-refractivity contribution < 1.29 is 9.59 Å². The van der Waals surface area contributed by atoms with Crippen LogP contribution in [-0.4, -0.2) is 12.3 Å². The van der Waals surface area contributed by atoms with Crippen molar-refractivity contribution in [2.75, 3.05) is 4.90 Å². The molecule has 1 aromatic rings. The van der Waals surface area contributed by atoms with Crippen LogP contribution in [-0.2, 0) is 9.59 Å². The molecule has 0 heterocycles. The predicted molar refractivity (Wildman–Crippen MR) is 85.2 cm³/mol. The zero-order valence-corrected chi connectivity index (χ0v) is 13.0. The van der Waals surface area contributed by atoms with Crippen LogP contribution in [0.3, 0.4) is 0 Å². The van der Waals surface area contributed by atoms with Crippen LogP contribution in [0.5, 0.6) is 0 Å². The number of nitrogens with zero attached hydrogens (tertiary/aromatic N) is 1. The zero-order valence-electron chi connectivity index (χ0n) is 13.0. The van der Waals surface area contributed by atoms with E-state index in [0.717, 1.165) is 5.56 Å². The molecule has 2 fully saturated rings. The molecule has 0 saturated heterocycles. The van der Waals surface area contributed by atoms with E-state index in [1.807, 2.05) is 31.2 Å². The summed E-state index contributed by atoms with van der Waals surface area (Å²) in [5.74, 6) is 1.10. The van der Waals surface area contributed by atoms with E-state index in [1.165, 1.54) is 17.7 Å². The van der Waals surface area contributed by atoms with Gasteiger partial charge in [-0.1, -0.05) is 37.3 Å². The molecule has 3 aliphatic carbocycles. The van der Waals surface area contributed by atoms with Crippen LogP contribution >= 0.6 is 0 Å². The SMILES string of the molecule is Cc1ccccc1N(C=O)C(=O)C1C(C)C2C=CC1C21CC1. The van der Waals surface area contributed by atoms with Gasteiger partial charge in [0.15, 0.2) is 0 Å². The number of amides is 2. The molecular weight excluding hydrogens is 274 g/mol. The van der Waals surface area contributed by atoms with Crippen molar-refractivity contribution >= 4 is 18.0 Å². The molecule has 4 unspecified atom stereocenters. The number of benzene rings is 1. The highest BCUT2D eigenvalue weighted by Gasteiger charge is 2.67. The van der Waals surface area contributed by atoms with Gasteiger partial charge in [-0.15, -0.1) is 0 Å². The van der Waals surface area contributed by atoms with Gasteiger partial charge in [0.25, 0.3) is 0 Å². The number of hydrogen-bond donors (Lipinski definition) is 0. The highest BCUT2D eigenvalue weighted by atomic mass is 16.2. The molecule has 2 bridgehead atoms. The van der Waals surface area contributed by atoms with E-state index in [1.54, 1.807) is 0 Å². The van der Waals surface area contributed by atoms with Crippen LogP contribution in [0.25, 0.3) is 0 Å². The lowest BCUT2D eigenvalue weighted by molar-refractivity contribution is -0.126. The summed E-state index contributed by atoms with van der Waals surface area (Å²) in [7, 11) is 0. The number of anilines is 1. The first-order valence-corrected chi connectivity index (χ1v) is 8.12. The lowest BCUT2D eigenvalue weighted by atomic mass is 9.83. The Kier molecular flexibility index (Phi) is 2.84. The molecule has 0 aromatic heterocycles. The fourth-order valence-corrected chi connectivity index (χ4v) is 4.98. The average molecular weight is 295 g/mol. The topological polar surface area (TPSA) is 37.4 Å². The van der Waals surface area contributed by atoms with E-state index in [4.69, 9.17) is 0 Å². The van der Waals surface area contributed by atoms with Gasteiger partial charge in [-0.3, -0.25) is 14.5 Å². The fraction of sp³-hybridized carbons (Fsp3) is 0.474. The number of imide groups is 1. The van der Waals surface area contributed by atoms with Crippen molar-refractivity contribution in [2.24, 2.45) is 29.1 Å². The third-order valence-electron chi connectivity index (χ3n) is 6.20. The number of carbonyl (C=O) groups excluding carboxylic acids is 2. The van der Waals surface area contributed by atoms with E-state index in [9.17, 15) is 9.59 Å². The fourth-order valence-electron chi connectivity index (χ4n) is 4.98. The summed E-state index contributed by atoms with van der Waals surface area (Å²) in [6, 6.07) is 7.58. The number of carbonyl (C=O) groups is 2. The third-order valence-corrected chi connectivity index (χ3v) is 6.20. The first-order valence-electron chi connectivity index (χ1n) is 8.12. The van der Waals surface area contributed by atoms with Crippen LogP contribution in [0.1, 0.15) is 25.3 Å². The maximum atomic E-state index is 13.1. The van der Waals surface area contributed by atoms with Gasteiger partial charge < -0.3 is 0 Å². The van der Waals surface area contributed by atoms with Crippen molar-refractivity contribution in [1.29, 1.82) is 0 Å². The minimum absolute atomic E-state index is 0.0278. The second-order valence-electron chi connectivity index (χ2n) is 7.15. The Morgan fingerprint density at radius 2 is 1.91 bits per heavy atom. The molecule has 0 aliphatic heterocycles. The predicted octanol–water partition coefficient (Wildman–Crippen LogP) is 3.33. The monoisotopic (exact) mass is 295 g/mol. The second kappa shape index (κ2) is 4.55. The summed E-state index contributed by atoms with van der Waals surface area (Å²) < 4.78 is 0. The molecule has 22 heavy (non-hydrogen) atoms. The number of para-hydroxylation sites is 1. The van der Waals surface area contributed by atoms with Crippen LogP contribution < -0.4 is 4.90 Å². The maximum Gasteiger partial charge on any atom is 0.237 e. The summed E-state index contributed by atoms with van der Waals surface area (Å²) in [5, 5.41) is 0. The van der Waals surface area contributed by atoms with E-state index >= 15 is 0 Å². The first kappa shape index (κ1) is 13.7. The van der Waals surface area contributed by atoms with Crippen LogP contribution in [0.15, 0.2) is 36.4 Å². The van der Waals surface area contributed by atoms with E-state index in [2.05, 4.69) is 19.1 Å². The van der Waals surface area contributed by atoms with Crippen LogP contribution in [0.4, 0.5) is 5.69 Å². The van der Waals surface area contributed by atoms with Crippen molar-refractivity contribution in [3.05, 3.63) is 42.0 Å². The van der Waals surface area contributed by atoms with Crippen molar-refractivity contribution in [3.8, 4) is 0 Å². The summed E-state index contributed by atoms with van der Waals surface area (Å²) in [5.41, 5.74) is 2.02. The summed E-state index contributed by atoms with van der Waals surface area (Å²) in [4.78, 5) is 26.1. The van der Waals surface area contributed by atoms with E-state index < -0.39 is 0 Å². The molecule has 2 saturated carbocycles. The van der Waals surface area contributed by atoms with Gasteiger partial charge in [0.2, 0.25) is 12.3 Å². The molecule has 0 N–H and O–H groups in total. The molecule has 1 spiro atoms. The van der Waals surface area contributed by atoms with Gasteiger partial charge in [0.05, 0.1) is 5.69 Å². The third kappa shape index (κ3) is 1.62. The Bertz CT molecular complexity index is 674. The minimum Gasteiger partial charge on any atom is -0.278 e. The molecule has 1 aromatic carbocycles. The number of allylic oxidation sites excluding steroid dienone is 2. The highest BCUT2D eigenvalue weighted by molar-refractivity contribution is 6.09. The van der Waals surface area contributed by atoms with Crippen LogP contribution in [0, 0.1) is 36.0 Å². The van der Waals surface area contributed by atoms with Gasteiger partial charge in [0.1, 0.15) is 0 Å². The van der Waals surface area contributed by atoms with Crippen LogP contribution in [0.2, 0.25) is 0 Å². The standard InChI is InChI=1S/C19H21NO2/c1-12-5-3-4-6-16(12)20(11-21)18(22)17-13(2)14-7-8-15(17)19(14)9-10-19/h3-8,11,13-15,17H,9-10H2,1-2H3. The Labute approximate surface area is 131 Å². The molecule has 3 aliphatic rings. The molecule has 4 rings (SSSR count). The van der Waals surface area contributed by atoms with Gasteiger partial charge in [-0.2, -0.15) is 0 Å². The lowest BCUT2D eigenvalue weighted by Gasteiger charge is -2.28. The van der Waals surface area contributed by atoms with Gasteiger partial charge in [-0.05, 0) is 54.6 Å². The molecule has 4 atom stereocenters. The Morgan fingerprint density at radius 3 is 2.50 bits per heavy atom. The maximum absolute atomic E-state index is 13.1. The number of hydrogen-bond acceptors (Lipinski definition) is 2. The second-order valence-corrected chi connectivity index (χ2v) is 7.15. The van der Waals surface area contributed by atoms with Gasteiger partial charge in [-0.25, -0.2) is 0 Å². The molecule has 0 radical (unpaired) electrons. The summed E-state index contributed by atoms with van der Waals surface area (Å²) in [6.07, 6.45) is 7.70. The Morgan fingerprint density at radius 1 is 1.23 bits per heavy atom. The van der Waals surface area contributed by atoms with E-state index in [0.29, 0.717) is 35.3 Å². The Hall–Kier alpha value is -1.90. The van der Waals surface area contributed by atoms with Gasteiger partial charge >= 0.3 is 0 Å². The van der Waals surface area contributed by atoms with Crippen molar-refractivity contribution in [1.82, 2.24) is 0 Å². The molecule has 114 valence electrons. The Balaban J connectivity index is 1.68. The highest BCUT2D eigenvalue weighted by Crippen LogP contribution is 2.72. The summed E-state index contributed by atoms with van der Waals surface area (Å²) >= 11 is 0. The quantitative estimate of drug-likeness (QED) is 0.633. The first-order chi connectivity index (χ1) is 10.6. The lowest BCUT2D eigenvalue weighted by Crippen LogP contribution is -2.40. The normalized spacial score (nSPS) is 33.2. The largest absolute Gasteiger partial charge is 0.278 e. The number of rotatable bonds is 3. The van der Waals surface area contributed by atoms with Gasteiger partial charge in [0, 0.05) is 5.92 Å². The molecule has 3 nitrogen and oxygen atoms in total. The van der Waals surface area contributed by atoms with E-state index in [-0.39, 0.29) is 11.8 Å². The minimum atomic E-state index is -0.0534.